The largest absolute Gasteiger partial charge is 0.381 e. The van der Waals surface area contributed by atoms with Crippen LogP contribution in [0, 0.1) is 6.92 Å². The molecule has 2 heterocycles. The molecule has 2 aromatic rings. The predicted molar refractivity (Wildman–Crippen MR) is 70.7 cm³/mol. The van der Waals surface area contributed by atoms with Crippen LogP contribution in [0.4, 0.5) is 5.82 Å². The van der Waals surface area contributed by atoms with E-state index < -0.39 is 0 Å². The third-order valence-corrected chi connectivity index (χ3v) is 4.53. The van der Waals surface area contributed by atoms with Gasteiger partial charge in [0.1, 0.15) is 0 Å². The topological polar surface area (TPSA) is 52.0 Å². The van der Waals surface area contributed by atoms with Gasteiger partial charge in [-0.25, -0.2) is 0 Å². The summed E-state index contributed by atoms with van der Waals surface area (Å²) in [6.07, 6.45) is 1.93. The fourth-order valence-corrected chi connectivity index (χ4v) is 3.12. The van der Waals surface area contributed by atoms with Crippen LogP contribution in [0.25, 0.3) is 10.6 Å². The van der Waals surface area contributed by atoms with Crippen molar-refractivity contribution in [2.45, 2.75) is 26.7 Å². The molecular formula is C11H13BrN2OS. The van der Waals surface area contributed by atoms with Gasteiger partial charge in [0, 0.05) is 5.56 Å². The quantitative estimate of drug-likeness (QED) is 0.932. The number of aromatic nitrogens is 1. The number of halogens is 1. The van der Waals surface area contributed by atoms with Gasteiger partial charge in [0.25, 0.3) is 0 Å². The van der Waals surface area contributed by atoms with Crippen LogP contribution in [0.5, 0.6) is 0 Å². The molecule has 5 heteroatoms. The van der Waals surface area contributed by atoms with Crippen LogP contribution in [-0.2, 0) is 6.42 Å². The SMILES string of the molecule is CCCc1c(N)noc1-c1cc(C)c(Br)s1. The highest BCUT2D eigenvalue weighted by molar-refractivity contribution is 9.11. The third kappa shape index (κ3) is 2.01. The first-order valence-corrected chi connectivity index (χ1v) is 6.74. The summed E-state index contributed by atoms with van der Waals surface area (Å²) in [7, 11) is 0. The van der Waals surface area contributed by atoms with E-state index in [0.29, 0.717) is 5.82 Å². The van der Waals surface area contributed by atoms with E-state index in [2.05, 4.69) is 41.0 Å². The minimum absolute atomic E-state index is 0.513. The van der Waals surface area contributed by atoms with Crippen molar-refractivity contribution in [1.82, 2.24) is 5.16 Å². The predicted octanol–water partition coefficient (Wildman–Crippen LogP) is 4.01. The van der Waals surface area contributed by atoms with E-state index in [9.17, 15) is 0 Å². The first-order chi connectivity index (χ1) is 7.63. The van der Waals surface area contributed by atoms with Crippen molar-refractivity contribution in [3.8, 4) is 10.6 Å². The molecule has 0 atom stereocenters. The van der Waals surface area contributed by atoms with E-state index in [1.165, 1.54) is 5.56 Å². The highest BCUT2D eigenvalue weighted by Crippen LogP contribution is 2.38. The molecule has 2 aromatic heterocycles. The molecule has 0 saturated carbocycles. The molecule has 0 radical (unpaired) electrons. The Balaban J connectivity index is 2.47. The maximum Gasteiger partial charge on any atom is 0.182 e. The van der Waals surface area contributed by atoms with Crippen molar-refractivity contribution in [2.24, 2.45) is 0 Å². The summed E-state index contributed by atoms with van der Waals surface area (Å²) in [6.45, 7) is 4.18. The van der Waals surface area contributed by atoms with Crippen LogP contribution in [0.1, 0.15) is 24.5 Å². The number of aryl methyl sites for hydroxylation is 1. The number of nitrogens with zero attached hydrogens (tertiary/aromatic N) is 1. The number of thiophene rings is 1. The van der Waals surface area contributed by atoms with Gasteiger partial charge in [-0.3, -0.25) is 0 Å². The highest BCUT2D eigenvalue weighted by Gasteiger charge is 2.17. The molecule has 0 bridgehead atoms. The molecule has 0 aliphatic heterocycles. The Bertz CT molecular complexity index is 485. The van der Waals surface area contributed by atoms with E-state index >= 15 is 0 Å². The molecule has 0 aliphatic carbocycles. The van der Waals surface area contributed by atoms with Gasteiger partial charge in [-0.15, -0.1) is 11.3 Å². The van der Waals surface area contributed by atoms with Gasteiger partial charge in [-0.2, -0.15) is 0 Å². The van der Waals surface area contributed by atoms with Crippen molar-refractivity contribution in [2.75, 3.05) is 5.73 Å². The summed E-state index contributed by atoms with van der Waals surface area (Å²) in [6, 6.07) is 2.09. The zero-order valence-corrected chi connectivity index (χ0v) is 11.6. The molecule has 2 rings (SSSR count). The van der Waals surface area contributed by atoms with Crippen molar-refractivity contribution >= 4 is 33.1 Å². The molecule has 0 aromatic carbocycles. The van der Waals surface area contributed by atoms with Crippen LogP contribution in [0.2, 0.25) is 0 Å². The summed E-state index contributed by atoms with van der Waals surface area (Å²) >= 11 is 5.16. The second-order valence-electron chi connectivity index (χ2n) is 3.69. The Labute approximate surface area is 107 Å². The summed E-state index contributed by atoms with van der Waals surface area (Å²) in [4.78, 5) is 1.08. The van der Waals surface area contributed by atoms with Crippen molar-refractivity contribution < 1.29 is 4.52 Å². The summed E-state index contributed by atoms with van der Waals surface area (Å²) in [5, 5.41) is 3.84. The van der Waals surface area contributed by atoms with Gasteiger partial charge >= 0.3 is 0 Å². The lowest BCUT2D eigenvalue weighted by atomic mass is 10.1. The lowest BCUT2D eigenvalue weighted by Gasteiger charge is -1.96. The van der Waals surface area contributed by atoms with Crippen LogP contribution >= 0.6 is 27.3 Å². The van der Waals surface area contributed by atoms with Crippen LogP contribution in [0.15, 0.2) is 14.4 Å². The molecule has 0 amide bonds. The van der Waals surface area contributed by atoms with Gasteiger partial charge in [-0.1, -0.05) is 18.5 Å². The normalized spacial score (nSPS) is 10.9. The zero-order valence-electron chi connectivity index (χ0n) is 9.21. The molecular weight excluding hydrogens is 288 g/mol. The molecule has 0 unspecified atom stereocenters. The number of hydrogen-bond acceptors (Lipinski definition) is 4. The molecule has 2 N–H and O–H groups in total. The average molecular weight is 301 g/mol. The first-order valence-electron chi connectivity index (χ1n) is 5.13. The first kappa shape index (κ1) is 11.7. The van der Waals surface area contributed by atoms with Crippen LogP contribution in [-0.4, -0.2) is 5.16 Å². The fourth-order valence-electron chi connectivity index (χ4n) is 1.58. The van der Waals surface area contributed by atoms with Crippen molar-refractivity contribution in [3.63, 3.8) is 0 Å². The van der Waals surface area contributed by atoms with Gasteiger partial charge in [-0.05, 0) is 40.9 Å². The number of rotatable bonds is 3. The molecule has 0 fully saturated rings. The smallest absolute Gasteiger partial charge is 0.182 e. The molecule has 3 nitrogen and oxygen atoms in total. The highest BCUT2D eigenvalue weighted by atomic mass is 79.9. The van der Waals surface area contributed by atoms with E-state index in [0.717, 1.165) is 32.8 Å². The van der Waals surface area contributed by atoms with E-state index in [1.807, 2.05) is 0 Å². The number of nitrogens with two attached hydrogens (primary N) is 1. The van der Waals surface area contributed by atoms with Crippen molar-refractivity contribution in [3.05, 3.63) is 21.0 Å². The lowest BCUT2D eigenvalue weighted by molar-refractivity contribution is 0.436. The number of anilines is 1. The third-order valence-electron chi connectivity index (χ3n) is 2.40. The van der Waals surface area contributed by atoms with E-state index in [1.54, 1.807) is 11.3 Å². The molecule has 86 valence electrons. The van der Waals surface area contributed by atoms with E-state index in [-0.39, 0.29) is 0 Å². The second kappa shape index (κ2) is 4.59. The van der Waals surface area contributed by atoms with E-state index in [4.69, 9.17) is 10.3 Å². The van der Waals surface area contributed by atoms with Crippen LogP contribution < -0.4 is 5.73 Å². The molecule has 0 aliphatic rings. The Morgan fingerprint density at radius 3 is 2.88 bits per heavy atom. The molecule has 16 heavy (non-hydrogen) atoms. The number of nitrogen functional groups attached to an aromatic ring is 1. The maximum absolute atomic E-state index is 5.80. The lowest BCUT2D eigenvalue weighted by Crippen LogP contribution is -1.91. The maximum atomic E-state index is 5.80. The number of hydrogen-bond donors (Lipinski definition) is 1. The summed E-state index contributed by atoms with van der Waals surface area (Å²) < 4.78 is 6.44. The zero-order chi connectivity index (χ0) is 11.7. The summed E-state index contributed by atoms with van der Waals surface area (Å²) in [5.74, 6) is 1.33. The Morgan fingerprint density at radius 2 is 2.31 bits per heavy atom. The van der Waals surface area contributed by atoms with Gasteiger partial charge < -0.3 is 10.3 Å². The second-order valence-corrected chi connectivity index (χ2v) is 6.06. The Morgan fingerprint density at radius 1 is 1.56 bits per heavy atom. The average Bonchev–Trinajstić information content (AvgIpc) is 2.74. The van der Waals surface area contributed by atoms with Crippen molar-refractivity contribution in [1.29, 1.82) is 0 Å². The minimum Gasteiger partial charge on any atom is -0.381 e. The summed E-state index contributed by atoms with van der Waals surface area (Å²) in [5.41, 5.74) is 8.03. The fraction of sp³-hybridized carbons (Fsp3) is 0.364. The Hall–Kier alpha value is -0.810. The Kier molecular flexibility index (Phi) is 3.35. The van der Waals surface area contributed by atoms with Crippen LogP contribution in [0.3, 0.4) is 0 Å². The van der Waals surface area contributed by atoms with Gasteiger partial charge in [0.05, 0.1) is 8.66 Å². The molecule has 0 spiro atoms. The minimum atomic E-state index is 0.513. The monoisotopic (exact) mass is 300 g/mol. The molecule has 0 saturated heterocycles. The standard InChI is InChI=1S/C11H13BrN2OS/c1-3-4-7-9(15-14-11(7)13)8-5-6(2)10(12)16-8/h5H,3-4H2,1-2H3,(H2,13,14). The van der Waals surface area contributed by atoms with Gasteiger partial charge in [0.2, 0.25) is 0 Å². The van der Waals surface area contributed by atoms with Gasteiger partial charge in [0.15, 0.2) is 11.6 Å².